The van der Waals surface area contributed by atoms with Gasteiger partial charge in [0.1, 0.15) is 18.3 Å². The van der Waals surface area contributed by atoms with Crippen LogP contribution in [0, 0.1) is 41.4 Å². The Morgan fingerprint density at radius 2 is 1.30 bits per heavy atom. The van der Waals surface area contributed by atoms with Gasteiger partial charge in [-0.25, -0.2) is 14.0 Å². The van der Waals surface area contributed by atoms with Crippen molar-refractivity contribution in [2.24, 2.45) is 41.4 Å². The van der Waals surface area contributed by atoms with Gasteiger partial charge in [0, 0.05) is 23.7 Å². The average molecular weight is 733 g/mol. The number of hydrogen-bond donors (Lipinski definition) is 0. The second-order valence-electron chi connectivity index (χ2n) is 12.0. The largest absolute Gasteiger partial charge is 0.691 e. The highest BCUT2D eigenvalue weighted by Gasteiger charge is 2.79. The van der Waals surface area contributed by atoms with Gasteiger partial charge in [0.15, 0.2) is 0 Å². The van der Waals surface area contributed by atoms with Crippen LogP contribution in [0.25, 0.3) is 0 Å². The molecule has 6 aliphatic rings. The zero-order valence-electron chi connectivity index (χ0n) is 23.5. The van der Waals surface area contributed by atoms with Crippen LogP contribution in [0.4, 0.5) is 30.7 Å². The fourth-order valence-electron chi connectivity index (χ4n) is 7.57. The van der Waals surface area contributed by atoms with E-state index in [-0.39, 0.29) is 53.5 Å². The number of rotatable bonds is 11. The summed E-state index contributed by atoms with van der Waals surface area (Å²) in [5, 5.41) is 22.4. The molecule has 4 saturated carbocycles. The first kappa shape index (κ1) is 36.1. The first-order chi connectivity index (χ1) is 21.9. The van der Waals surface area contributed by atoms with E-state index >= 15 is 0 Å². The molecule has 6 fully saturated rings. The molecule has 6 rings (SSSR count). The molecule has 0 aromatic carbocycles. The van der Waals surface area contributed by atoms with Gasteiger partial charge in [0.25, 0.3) is 5.00 Å². The second-order valence-corrected chi connectivity index (χ2v) is 14.0. The minimum Gasteiger partial charge on any atom is -0.691 e. The van der Waals surface area contributed by atoms with Crippen molar-refractivity contribution in [3.8, 4) is 0 Å². The summed E-state index contributed by atoms with van der Waals surface area (Å²) in [4.78, 5) is 46.8. The van der Waals surface area contributed by atoms with Gasteiger partial charge in [-0.15, -0.1) is 0 Å². The summed E-state index contributed by atoms with van der Waals surface area (Å²) in [6.45, 7) is 0.104. The maximum absolute atomic E-state index is 13.9. The molecule has 0 spiro atoms. The number of ether oxygens (including phenoxy) is 4. The van der Waals surface area contributed by atoms with Crippen LogP contribution < -0.4 is 10.5 Å². The number of carbonyl (C=O) groups is 4. The van der Waals surface area contributed by atoms with Gasteiger partial charge in [-0.1, -0.05) is 0 Å². The topological polar surface area (TPSA) is 188 Å². The minimum absolute atomic E-state index is 0.0166. The van der Waals surface area contributed by atoms with E-state index in [9.17, 15) is 60.4 Å². The predicted octanol–water partition coefficient (Wildman–Crippen LogP) is 1.50. The van der Waals surface area contributed by atoms with Crippen molar-refractivity contribution in [1.82, 2.24) is 0 Å². The van der Waals surface area contributed by atoms with Crippen LogP contribution in [0.2, 0.25) is 0 Å². The Balaban J connectivity index is 0.000000193. The number of fused-ring (bicyclic) bond motifs is 2. The summed E-state index contributed by atoms with van der Waals surface area (Å²) in [7, 11) is 0. The Bertz CT molecular complexity index is 1240. The SMILES string of the molecule is CC(F)(SOO[O-])C(=O)OC1C2CC3C(=O)OC1C3C2.O=C1OC2C(COC(=O)C(SOO[O-])(C(F)(F)F)C(F)(F)F)C3CC1C2C3. The molecule has 0 amide bonds. The van der Waals surface area contributed by atoms with E-state index in [1.807, 2.05) is 0 Å². The van der Waals surface area contributed by atoms with Crippen LogP contribution >= 0.6 is 24.1 Å². The Morgan fingerprint density at radius 1 is 0.787 bits per heavy atom. The minimum atomic E-state index is -6.20. The average Bonchev–Trinajstić information content (AvgIpc) is 3.79. The number of alkyl halides is 7. The summed E-state index contributed by atoms with van der Waals surface area (Å²) in [6, 6.07) is 0. The molecule has 4 aliphatic carbocycles. The van der Waals surface area contributed by atoms with Gasteiger partial charge < -0.3 is 29.5 Å². The van der Waals surface area contributed by atoms with Crippen LogP contribution in [0.3, 0.4) is 0 Å². The number of esters is 4. The van der Waals surface area contributed by atoms with E-state index in [0.717, 1.165) is 13.3 Å². The van der Waals surface area contributed by atoms with Crippen molar-refractivity contribution in [1.29, 1.82) is 0 Å². The molecule has 0 aromatic heterocycles. The van der Waals surface area contributed by atoms with Gasteiger partial charge >= 0.3 is 41.0 Å². The van der Waals surface area contributed by atoms with E-state index in [4.69, 9.17) is 14.2 Å². The highest BCUT2D eigenvalue weighted by molar-refractivity contribution is 7.97. The van der Waals surface area contributed by atoms with Crippen molar-refractivity contribution in [3.63, 3.8) is 0 Å². The van der Waals surface area contributed by atoms with E-state index in [2.05, 4.69) is 23.5 Å². The molecule has 2 saturated heterocycles. The quantitative estimate of drug-likeness (QED) is 0.0742. The van der Waals surface area contributed by atoms with Crippen molar-refractivity contribution in [2.45, 2.75) is 73.0 Å². The molecule has 11 unspecified atom stereocenters. The molecule has 47 heavy (non-hydrogen) atoms. The lowest BCUT2D eigenvalue weighted by atomic mass is 9.83. The molecule has 23 heteroatoms. The van der Waals surface area contributed by atoms with E-state index in [1.165, 1.54) is 0 Å². The first-order valence-corrected chi connectivity index (χ1v) is 15.3. The lowest BCUT2D eigenvalue weighted by molar-refractivity contribution is -0.777. The standard InChI is InChI=1S/C13H12F6O7S.C11H13FO7S/c14-12(15,16)11(13(17,18)19,27-26-25-22)10(21)23-3-7-4-1-5-6(2-4)9(20)24-8(5)7;1-11(12,20-19-18-15)10(14)17-7-4-2-5-6(3-4)9(13)16-8(5)7/h4-8,22H,1-3H2;4-8,15H,2-3H2,1H3/p-2. The summed E-state index contributed by atoms with van der Waals surface area (Å²) in [5.74, 6) is -6.03. The highest BCUT2D eigenvalue weighted by atomic mass is 32.2. The molecule has 4 bridgehead atoms. The molecule has 14 nitrogen and oxygen atoms in total. The molecule has 2 aliphatic heterocycles. The smallest absolute Gasteiger partial charge is 0.425 e. The Morgan fingerprint density at radius 3 is 1.87 bits per heavy atom. The van der Waals surface area contributed by atoms with Crippen LogP contribution in [0.15, 0.2) is 0 Å². The van der Waals surface area contributed by atoms with Gasteiger partial charge in [-0.05, 0) is 38.5 Å². The summed E-state index contributed by atoms with van der Waals surface area (Å²) in [6.07, 6.45) is -12.0. The molecular weight excluding hydrogens is 709 g/mol. The first-order valence-electron chi connectivity index (χ1n) is 13.8. The second kappa shape index (κ2) is 12.9. The zero-order valence-corrected chi connectivity index (χ0v) is 25.1. The lowest BCUT2D eigenvalue weighted by Crippen LogP contribution is -2.60. The number of halogens is 7. The lowest BCUT2D eigenvalue weighted by Gasteiger charge is -2.34. The fraction of sp³-hybridized carbons (Fsp3) is 0.833. The highest BCUT2D eigenvalue weighted by Crippen LogP contribution is 2.59. The molecule has 0 aromatic rings. The molecule has 2 heterocycles. The van der Waals surface area contributed by atoms with Gasteiger partial charge in [0.2, 0.25) is 0 Å². The molecule has 0 radical (unpaired) electrons. The van der Waals surface area contributed by atoms with E-state index in [0.29, 0.717) is 19.3 Å². The van der Waals surface area contributed by atoms with Crippen LogP contribution in [0.5, 0.6) is 0 Å². The predicted molar refractivity (Wildman–Crippen MR) is 127 cm³/mol. The fourth-order valence-corrected chi connectivity index (χ4v) is 8.29. The Kier molecular flexibility index (Phi) is 9.96. The number of carbonyl (C=O) groups excluding carboxylic acids is 4. The van der Waals surface area contributed by atoms with E-state index < -0.39 is 82.9 Å². The summed E-state index contributed by atoms with van der Waals surface area (Å²) >= 11 is -1.61. The number of hydrogen-bond acceptors (Lipinski definition) is 16. The van der Waals surface area contributed by atoms with Gasteiger partial charge in [-0.3, -0.25) is 19.7 Å². The normalized spacial score (nSPS) is 36.0. The molecule has 11 atom stereocenters. The monoisotopic (exact) mass is 732 g/mol. The third-order valence-electron chi connectivity index (χ3n) is 9.57. The Labute approximate surface area is 267 Å². The molecule has 266 valence electrons. The summed E-state index contributed by atoms with van der Waals surface area (Å²) in [5.41, 5.74) is 0. The van der Waals surface area contributed by atoms with E-state index in [1.54, 1.807) is 0 Å². The van der Waals surface area contributed by atoms with Crippen molar-refractivity contribution in [2.75, 3.05) is 6.61 Å². The molecular formula is C24H23F7O14S2-2. The van der Waals surface area contributed by atoms with Crippen LogP contribution in [-0.2, 0) is 56.9 Å². The van der Waals surface area contributed by atoms with Crippen LogP contribution in [0.1, 0.15) is 32.6 Å². The summed E-state index contributed by atoms with van der Waals surface area (Å²) < 4.78 is 114. The van der Waals surface area contributed by atoms with Gasteiger partial charge in [-0.2, -0.15) is 35.0 Å². The van der Waals surface area contributed by atoms with Gasteiger partial charge in [0.05, 0.1) is 42.5 Å². The maximum Gasteiger partial charge on any atom is 0.425 e. The third kappa shape index (κ3) is 6.25. The Hall–Kier alpha value is -2.15. The van der Waals surface area contributed by atoms with Crippen LogP contribution in [-0.4, -0.2) is 70.9 Å². The maximum atomic E-state index is 13.9. The van der Waals surface area contributed by atoms with Crippen molar-refractivity contribution in [3.05, 3.63) is 0 Å². The van der Waals surface area contributed by atoms with Crippen molar-refractivity contribution >= 4 is 48.0 Å². The third-order valence-corrected chi connectivity index (χ3v) is 11.2. The molecule has 0 N–H and O–H groups in total. The zero-order chi connectivity index (χ0) is 34.7. The van der Waals surface area contributed by atoms with Crippen molar-refractivity contribution < 1.29 is 98.1 Å².